The van der Waals surface area contributed by atoms with Gasteiger partial charge in [0.15, 0.2) is 5.13 Å². The molecule has 0 atom stereocenters. The molecule has 0 aliphatic carbocycles. The summed E-state index contributed by atoms with van der Waals surface area (Å²) in [6.07, 6.45) is 0. The Bertz CT molecular complexity index is 452. The van der Waals surface area contributed by atoms with E-state index in [-0.39, 0.29) is 5.91 Å². The van der Waals surface area contributed by atoms with Crippen molar-refractivity contribution >= 4 is 28.2 Å². The van der Waals surface area contributed by atoms with Crippen LogP contribution >= 0.6 is 11.3 Å². The molecule has 3 N–H and O–H groups in total. The number of nitrogens with two attached hydrogens (primary N) is 1. The zero-order chi connectivity index (χ0) is 15.8. The highest BCUT2D eigenvalue weighted by Crippen LogP contribution is 2.26. The molecule has 0 unspecified atom stereocenters. The molecule has 0 fully saturated rings. The number of aromatic nitrogens is 1. The number of hydrogen-bond donors (Lipinski definition) is 2. The van der Waals surface area contributed by atoms with Crippen molar-refractivity contribution in [3.05, 3.63) is 4.88 Å². The lowest BCUT2D eigenvalue weighted by molar-refractivity contribution is 0.0952. The molecule has 8 heteroatoms. The first-order valence-corrected chi connectivity index (χ1v) is 7.74. The van der Waals surface area contributed by atoms with Crippen LogP contribution in [-0.4, -0.2) is 69.8 Å². The molecule has 120 valence electrons. The van der Waals surface area contributed by atoms with Gasteiger partial charge in [-0.05, 0) is 14.0 Å². The topological polar surface area (TPSA) is 83.7 Å². The van der Waals surface area contributed by atoms with Gasteiger partial charge in [0.2, 0.25) is 0 Å². The molecule has 0 aliphatic heterocycles. The van der Waals surface area contributed by atoms with Gasteiger partial charge >= 0.3 is 0 Å². The number of amides is 1. The Morgan fingerprint density at radius 1 is 1.43 bits per heavy atom. The van der Waals surface area contributed by atoms with Gasteiger partial charge in [0.05, 0.1) is 6.61 Å². The van der Waals surface area contributed by atoms with E-state index in [0.29, 0.717) is 23.8 Å². The minimum atomic E-state index is -0.166. The minimum Gasteiger partial charge on any atom is -0.383 e. The molecule has 7 nitrogen and oxygen atoms in total. The Morgan fingerprint density at radius 2 is 2.14 bits per heavy atom. The lowest BCUT2D eigenvalue weighted by Gasteiger charge is -2.15. The van der Waals surface area contributed by atoms with Crippen molar-refractivity contribution in [2.75, 3.05) is 64.6 Å². The fraction of sp³-hybridized carbons (Fsp3) is 0.692. The third kappa shape index (κ3) is 5.49. The van der Waals surface area contributed by atoms with Crippen molar-refractivity contribution in [3.8, 4) is 0 Å². The number of nitrogens with zero attached hydrogens (tertiary/aromatic N) is 3. The standard InChI is InChI=1S/C13H25N5O2S/c1-5-18(3)13-16-11(14)10(21-13)12(19)15-6-7-17(2)8-9-20-4/h5-9,14H2,1-4H3,(H,15,19). The van der Waals surface area contributed by atoms with E-state index in [4.69, 9.17) is 10.5 Å². The van der Waals surface area contributed by atoms with Crippen LogP contribution < -0.4 is 16.0 Å². The van der Waals surface area contributed by atoms with Crippen molar-refractivity contribution in [1.29, 1.82) is 0 Å². The summed E-state index contributed by atoms with van der Waals surface area (Å²) < 4.78 is 5.00. The van der Waals surface area contributed by atoms with Crippen LogP contribution in [0.4, 0.5) is 10.9 Å². The summed E-state index contributed by atoms with van der Waals surface area (Å²) in [5.74, 6) is 0.126. The summed E-state index contributed by atoms with van der Waals surface area (Å²) in [7, 11) is 5.58. The predicted octanol–water partition coefficient (Wildman–Crippen LogP) is 0.489. The highest BCUT2D eigenvalue weighted by atomic mass is 32.1. The van der Waals surface area contributed by atoms with Crippen LogP contribution in [0.25, 0.3) is 0 Å². The minimum absolute atomic E-state index is 0.166. The molecule has 1 rings (SSSR count). The molecule has 1 aromatic rings. The lowest BCUT2D eigenvalue weighted by Crippen LogP contribution is -2.34. The number of carbonyl (C=O) groups excluding carboxylic acids is 1. The number of thiazole rings is 1. The molecule has 21 heavy (non-hydrogen) atoms. The van der Waals surface area contributed by atoms with E-state index in [1.165, 1.54) is 11.3 Å². The predicted molar refractivity (Wildman–Crippen MR) is 87.2 cm³/mol. The third-order valence-corrected chi connectivity index (χ3v) is 4.29. The molecule has 1 heterocycles. The summed E-state index contributed by atoms with van der Waals surface area (Å²) in [6.45, 7) is 5.68. The number of hydrogen-bond acceptors (Lipinski definition) is 7. The second-order valence-electron chi connectivity index (χ2n) is 4.78. The first-order chi connectivity index (χ1) is 9.99. The number of anilines is 2. The van der Waals surface area contributed by atoms with Crippen molar-refractivity contribution < 1.29 is 9.53 Å². The molecule has 1 amide bonds. The SMILES string of the molecule is CCN(C)c1nc(N)c(C(=O)NCCN(C)CCOC)s1. The summed E-state index contributed by atoms with van der Waals surface area (Å²) >= 11 is 1.32. The molecular formula is C13H25N5O2S. The van der Waals surface area contributed by atoms with Gasteiger partial charge in [0.1, 0.15) is 10.7 Å². The molecule has 0 saturated heterocycles. The molecule has 1 aromatic heterocycles. The van der Waals surface area contributed by atoms with Crippen molar-refractivity contribution in [2.24, 2.45) is 0 Å². The Labute approximate surface area is 130 Å². The van der Waals surface area contributed by atoms with Gasteiger partial charge in [0, 0.05) is 40.3 Å². The second-order valence-corrected chi connectivity index (χ2v) is 5.75. The van der Waals surface area contributed by atoms with Crippen LogP contribution in [0.1, 0.15) is 16.6 Å². The number of methoxy groups -OCH3 is 1. The van der Waals surface area contributed by atoms with E-state index < -0.39 is 0 Å². The van der Waals surface area contributed by atoms with Crippen LogP contribution in [0.15, 0.2) is 0 Å². The van der Waals surface area contributed by atoms with E-state index >= 15 is 0 Å². The molecule has 0 radical (unpaired) electrons. The molecule has 0 aromatic carbocycles. The quantitative estimate of drug-likeness (QED) is 0.690. The highest BCUT2D eigenvalue weighted by Gasteiger charge is 2.17. The van der Waals surface area contributed by atoms with Crippen LogP contribution in [0.3, 0.4) is 0 Å². The molecular weight excluding hydrogens is 290 g/mol. The molecule has 0 bridgehead atoms. The van der Waals surface area contributed by atoms with E-state index in [1.807, 2.05) is 25.9 Å². The smallest absolute Gasteiger partial charge is 0.265 e. The molecule has 0 spiro atoms. The van der Waals surface area contributed by atoms with Crippen molar-refractivity contribution in [2.45, 2.75) is 6.92 Å². The van der Waals surface area contributed by atoms with Gasteiger partial charge in [-0.15, -0.1) is 0 Å². The van der Waals surface area contributed by atoms with E-state index in [1.54, 1.807) is 7.11 Å². The fourth-order valence-corrected chi connectivity index (χ4v) is 2.51. The van der Waals surface area contributed by atoms with Gasteiger partial charge in [-0.25, -0.2) is 4.98 Å². The molecule has 0 saturated carbocycles. The second kappa shape index (κ2) is 8.81. The Kier molecular flexibility index (Phi) is 7.41. The summed E-state index contributed by atoms with van der Waals surface area (Å²) in [5, 5.41) is 3.63. The third-order valence-electron chi connectivity index (χ3n) is 3.11. The average molecular weight is 315 g/mol. The van der Waals surface area contributed by atoms with Crippen LogP contribution in [0, 0.1) is 0 Å². The summed E-state index contributed by atoms with van der Waals surface area (Å²) in [5.41, 5.74) is 5.82. The number of carbonyl (C=O) groups is 1. The monoisotopic (exact) mass is 315 g/mol. The average Bonchev–Trinajstić information content (AvgIpc) is 2.86. The highest BCUT2D eigenvalue weighted by molar-refractivity contribution is 7.18. The zero-order valence-electron chi connectivity index (χ0n) is 13.2. The van der Waals surface area contributed by atoms with Crippen molar-refractivity contribution in [3.63, 3.8) is 0 Å². The number of likely N-dealkylation sites (N-methyl/N-ethyl adjacent to an activating group) is 1. The summed E-state index contributed by atoms with van der Waals surface area (Å²) in [4.78, 5) is 20.8. The van der Waals surface area contributed by atoms with E-state index in [9.17, 15) is 4.79 Å². The largest absolute Gasteiger partial charge is 0.383 e. The summed E-state index contributed by atoms with van der Waals surface area (Å²) in [6, 6.07) is 0. The molecule has 0 aliphatic rings. The van der Waals surface area contributed by atoms with Gasteiger partial charge in [-0.2, -0.15) is 0 Å². The van der Waals surface area contributed by atoms with Crippen LogP contribution in [-0.2, 0) is 4.74 Å². The van der Waals surface area contributed by atoms with Gasteiger partial charge in [-0.1, -0.05) is 11.3 Å². The maximum atomic E-state index is 12.1. The van der Waals surface area contributed by atoms with Gasteiger partial charge in [-0.3, -0.25) is 4.79 Å². The number of nitrogen functional groups attached to an aromatic ring is 1. The number of nitrogens with one attached hydrogen (secondary N) is 1. The van der Waals surface area contributed by atoms with Crippen molar-refractivity contribution in [1.82, 2.24) is 15.2 Å². The number of rotatable bonds is 9. The van der Waals surface area contributed by atoms with Crippen LogP contribution in [0.5, 0.6) is 0 Å². The van der Waals surface area contributed by atoms with Gasteiger partial charge in [0.25, 0.3) is 5.91 Å². The lowest BCUT2D eigenvalue weighted by atomic mass is 10.4. The normalized spacial score (nSPS) is 10.9. The Morgan fingerprint density at radius 3 is 2.76 bits per heavy atom. The Hall–Kier alpha value is -1.38. The first kappa shape index (κ1) is 17.7. The van der Waals surface area contributed by atoms with E-state index in [0.717, 1.165) is 24.8 Å². The number of ether oxygens (including phenoxy) is 1. The van der Waals surface area contributed by atoms with Crippen LogP contribution in [0.2, 0.25) is 0 Å². The fourth-order valence-electron chi connectivity index (χ4n) is 1.58. The zero-order valence-corrected chi connectivity index (χ0v) is 14.0. The Balaban J connectivity index is 2.47. The van der Waals surface area contributed by atoms with E-state index in [2.05, 4.69) is 15.2 Å². The maximum Gasteiger partial charge on any atom is 0.265 e. The van der Waals surface area contributed by atoms with Gasteiger partial charge < -0.3 is 25.6 Å². The first-order valence-electron chi connectivity index (χ1n) is 6.92. The maximum absolute atomic E-state index is 12.1.